The fourth-order valence-corrected chi connectivity index (χ4v) is 15.3. The fourth-order valence-electron chi connectivity index (χ4n) is 2.34. The molecule has 0 spiro atoms. The second kappa shape index (κ2) is 8.45. The highest BCUT2D eigenvalue weighted by molar-refractivity contribution is 8.42. The van der Waals surface area contributed by atoms with Crippen LogP contribution in [0.1, 0.15) is 9.75 Å². The summed E-state index contributed by atoms with van der Waals surface area (Å²) in [6.45, 7) is 0. The van der Waals surface area contributed by atoms with Crippen molar-refractivity contribution in [2.75, 3.05) is 23.0 Å². The van der Waals surface area contributed by atoms with Gasteiger partial charge >= 0.3 is 0 Å². The molecule has 0 aliphatic carbocycles. The summed E-state index contributed by atoms with van der Waals surface area (Å²) in [5.41, 5.74) is 0. The van der Waals surface area contributed by atoms with Gasteiger partial charge in [0.2, 0.25) is 0 Å². The first-order valence-electron chi connectivity index (χ1n) is 7.58. The standard InChI is InChI=1S/C16H12S9/c1-2-10(8-12-24-15-16(25-12)20-6-5-19-15)21-9(1)7-11-22-13-14(23-11)18-4-3-17-13/h1-2,7-8H,3-6H2. The fraction of sp³-hybridized carbons (Fsp3) is 0.250. The second-order valence-corrected chi connectivity index (χ2v) is 16.4. The third-order valence-corrected chi connectivity index (χ3v) is 15.7. The Hall–Kier alpha value is 1.46. The molecule has 0 bridgehead atoms. The lowest BCUT2D eigenvalue weighted by Crippen LogP contribution is -1.88. The highest BCUT2D eigenvalue weighted by Crippen LogP contribution is 2.61. The minimum atomic E-state index is 1.25. The van der Waals surface area contributed by atoms with Crippen molar-refractivity contribution in [3.63, 3.8) is 0 Å². The molecule has 1 aromatic heterocycles. The Balaban J connectivity index is 1.27. The van der Waals surface area contributed by atoms with Crippen molar-refractivity contribution in [2.45, 2.75) is 0 Å². The van der Waals surface area contributed by atoms with Gasteiger partial charge in [-0.05, 0) is 24.3 Å². The Morgan fingerprint density at radius 2 is 0.920 bits per heavy atom. The number of thiophene rings is 1. The van der Waals surface area contributed by atoms with Gasteiger partial charge in [-0.15, -0.1) is 58.4 Å². The van der Waals surface area contributed by atoms with Crippen LogP contribution in [0.4, 0.5) is 0 Å². The number of thioether (sulfide) groups is 8. The van der Waals surface area contributed by atoms with E-state index in [4.69, 9.17) is 0 Å². The van der Waals surface area contributed by atoms with Crippen LogP contribution in [0.25, 0.3) is 12.2 Å². The van der Waals surface area contributed by atoms with Gasteiger partial charge in [-0.3, -0.25) is 0 Å². The SMILES string of the molecule is C(=C1SC2=C(SCCS2)S1)c1ccc(C=C2SC3=C(SCCS3)S2)s1. The maximum atomic E-state index is 2.37. The third-order valence-electron chi connectivity index (χ3n) is 3.37. The average Bonchev–Trinajstić information content (AvgIpc) is 3.32. The molecule has 130 valence electrons. The molecule has 5 heterocycles. The Kier molecular flexibility index (Phi) is 6.25. The van der Waals surface area contributed by atoms with Crippen LogP contribution in [0.2, 0.25) is 0 Å². The van der Waals surface area contributed by atoms with Crippen molar-refractivity contribution in [3.05, 3.63) is 47.3 Å². The van der Waals surface area contributed by atoms with Crippen LogP contribution in [-0.4, -0.2) is 23.0 Å². The molecular weight excluding hydrogens is 481 g/mol. The van der Waals surface area contributed by atoms with Crippen LogP contribution in [0.5, 0.6) is 0 Å². The lowest BCUT2D eigenvalue weighted by atomic mass is 10.4. The zero-order valence-electron chi connectivity index (χ0n) is 12.8. The van der Waals surface area contributed by atoms with Gasteiger partial charge in [-0.25, -0.2) is 0 Å². The average molecular weight is 493 g/mol. The summed E-state index contributed by atoms with van der Waals surface area (Å²) < 4.78 is 8.97. The summed E-state index contributed by atoms with van der Waals surface area (Å²) in [6.07, 6.45) is 4.73. The molecule has 0 fully saturated rings. The van der Waals surface area contributed by atoms with E-state index in [0.29, 0.717) is 0 Å². The zero-order valence-corrected chi connectivity index (χ0v) is 20.2. The van der Waals surface area contributed by atoms with Gasteiger partial charge in [-0.1, -0.05) is 47.0 Å². The van der Waals surface area contributed by atoms with Crippen molar-refractivity contribution in [2.24, 2.45) is 0 Å². The molecule has 9 heteroatoms. The third kappa shape index (κ3) is 4.40. The first kappa shape index (κ1) is 18.5. The Labute approximate surface area is 186 Å². The van der Waals surface area contributed by atoms with Crippen LogP contribution in [0.15, 0.2) is 37.6 Å². The molecular formula is C16H12S9. The predicted octanol–water partition coefficient (Wildman–Crippen LogP) is 8.52. The van der Waals surface area contributed by atoms with Crippen LogP contribution >= 0.6 is 105 Å². The number of hydrogen-bond acceptors (Lipinski definition) is 9. The van der Waals surface area contributed by atoms with Crippen LogP contribution in [0.3, 0.4) is 0 Å². The van der Waals surface area contributed by atoms with Gasteiger partial charge in [-0.2, -0.15) is 0 Å². The molecule has 0 saturated heterocycles. The summed E-state index contributed by atoms with van der Waals surface area (Å²) >= 11 is 17.8. The van der Waals surface area contributed by atoms with E-state index in [1.54, 1.807) is 0 Å². The van der Waals surface area contributed by atoms with Crippen molar-refractivity contribution in [3.8, 4) is 0 Å². The molecule has 0 amide bonds. The number of hydrogen-bond donors (Lipinski definition) is 0. The Morgan fingerprint density at radius 1 is 0.560 bits per heavy atom. The predicted molar refractivity (Wildman–Crippen MR) is 135 cm³/mol. The summed E-state index contributed by atoms with van der Waals surface area (Å²) in [5.74, 6) is 5.02. The quantitative estimate of drug-likeness (QED) is 0.397. The van der Waals surface area contributed by atoms with E-state index in [9.17, 15) is 0 Å². The largest absolute Gasteiger partial charge is 0.136 e. The zero-order chi connectivity index (χ0) is 16.6. The van der Waals surface area contributed by atoms with E-state index in [-0.39, 0.29) is 0 Å². The van der Waals surface area contributed by atoms with E-state index in [1.807, 2.05) is 105 Å². The minimum Gasteiger partial charge on any atom is -0.136 e. The Bertz CT molecular complexity index is 720. The molecule has 0 unspecified atom stereocenters. The molecule has 0 saturated carbocycles. The summed E-state index contributed by atoms with van der Waals surface area (Å²) in [7, 11) is 0. The van der Waals surface area contributed by atoms with E-state index in [0.717, 1.165) is 0 Å². The van der Waals surface area contributed by atoms with Gasteiger partial charge in [0.25, 0.3) is 0 Å². The van der Waals surface area contributed by atoms with Crippen molar-refractivity contribution in [1.29, 1.82) is 0 Å². The van der Waals surface area contributed by atoms with Crippen molar-refractivity contribution < 1.29 is 0 Å². The van der Waals surface area contributed by atoms with Crippen molar-refractivity contribution >= 4 is 118 Å². The van der Waals surface area contributed by atoms with Gasteiger partial charge in [0.15, 0.2) is 0 Å². The summed E-state index contributed by atoms with van der Waals surface area (Å²) in [6, 6.07) is 4.54. The first-order chi connectivity index (χ1) is 12.3. The monoisotopic (exact) mass is 492 g/mol. The molecule has 5 rings (SSSR count). The molecule has 4 aliphatic rings. The molecule has 0 nitrogen and oxygen atoms in total. The minimum absolute atomic E-state index is 1.25. The van der Waals surface area contributed by atoms with E-state index < -0.39 is 0 Å². The van der Waals surface area contributed by atoms with Crippen LogP contribution in [-0.2, 0) is 0 Å². The van der Waals surface area contributed by atoms with Crippen LogP contribution < -0.4 is 0 Å². The Morgan fingerprint density at radius 3 is 1.28 bits per heavy atom. The van der Waals surface area contributed by atoms with E-state index in [1.165, 1.54) is 58.2 Å². The van der Waals surface area contributed by atoms with Gasteiger partial charge in [0, 0.05) is 32.8 Å². The van der Waals surface area contributed by atoms with Crippen molar-refractivity contribution in [1.82, 2.24) is 0 Å². The van der Waals surface area contributed by atoms with Crippen LogP contribution in [0, 0.1) is 0 Å². The number of rotatable bonds is 2. The van der Waals surface area contributed by atoms with Gasteiger partial charge < -0.3 is 0 Å². The molecule has 25 heavy (non-hydrogen) atoms. The second-order valence-electron chi connectivity index (χ2n) is 5.12. The highest BCUT2D eigenvalue weighted by Gasteiger charge is 2.26. The topological polar surface area (TPSA) is 0 Å². The lowest BCUT2D eigenvalue weighted by Gasteiger charge is -2.08. The van der Waals surface area contributed by atoms with E-state index in [2.05, 4.69) is 24.3 Å². The van der Waals surface area contributed by atoms with Gasteiger partial charge in [0.1, 0.15) is 0 Å². The summed E-state index contributed by atoms with van der Waals surface area (Å²) in [4.78, 5) is 2.73. The maximum absolute atomic E-state index is 2.37. The maximum Gasteiger partial charge on any atom is 0.0660 e. The molecule has 0 radical (unpaired) electrons. The van der Waals surface area contributed by atoms with Gasteiger partial charge in [0.05, 0.1) is 25.4 Å². The highest BCUT2D eigenvalue weighted by atomic mass is 32.3. The lowest BCUT2D eigenvalue weighted by molar-refractivity contribution is 1.56. The molecule has 0 aromatic carbocycles. The summed E-state index contributed by atoms with van der Waals surface area (Å²) in [5, 5.41) is 0. The first-order valence-corrected chi connectivity index (χ1v) is 15.6. The molecule has 1 aromatic rings. The molecule has 0 atom stereocenters. The van der Waals surface area contributed by atoms with E-state index >= 15 is 0 Å². The smallest absolute Gasteiger partial charge is 0.0660 e. The molecule has 0 N–H and O–H groups in total. The normalized spacial score (nSPS) is 23.2. The molecule has 4 aliphatic heterocycles.